The van der Waals surface area contributed by atoms with E-state index in [4.69, 9.17) is 4.74 Å². The summed E-state index contributed by atoms with van der Waals surface area (Å²) in [5, 5.41) is 5.49. The average molecular weight is 501 g/mol. The molecule has 1 heterocycles. The minimum atomic E-state index is -0.0482. The van der Waals surface area contributed by atoms with Crippen LogP contribution >= 0.6 is 27.3 Å². The summed E-state index contributed by atoms with van der Waals surface area (Å²) in [7, 11) is 0. The van der Waals surface area contributed by atoms with Gasteiger partial charge in [-0.3, -0.25) is 4.79 Å². The number of ether oxygens (including phenoxy) is 1. The van der Waals surface area contributed by atoms with Gasteiger partial charge in [0.15, 0.2) is 5.13 Å². The monoisotopic (exact) mass is 500 g/mol. The van der Waals surface area contributed by atoms with Crippen LogP contribution in [0.2, 0.25) is 0 Å². The Morgan fingerprint density at radius 3 is 2.55 bits per heavy atom. The zero-order valence-corrected chi connectivity index (χ0v) is 20.9. The highest BCUT2D eigenvalue weighted by atomic mass is 79.9. The maximum atomic E-state index is 12.3. The van der Waals surface area contributed by atoms with Gasteiger partial charge in [-0.05, 0) is 57.4 Å². The highest BCUT2D eigenvalue weighted by Gasteiger charge is 2.15. The summed E-state index contributed by atoms with van der Waals surface area (Å²) in [5.74, 6) is 0.750. The number of carbonyl (C=O) groups excluding carboxylic acids is 1. The molecule has 0 aliphatic heterocycles. The van der Waals surface area contributed by atoms with E-state index in [1.165, 1.54) is 22.5 Å². The molecule has 0 atom stereocenters. The van der Waals surface area contributed by atoms with E-state index in [2.05, 4.69) is 90.3 Å². The molecular weight excluding hydrogens is 472 g/mol. The minimum Gasteiger partial charge on any atom is -0.492 e. The molecule has 0 spiro atoms. The van der Waals surface area contributed by atoms with Gasteiger partial charge < -0.3 is 10.1 Å². The molecule has 1 N–H and O–H groups in total. The van der Waals surface area contributed by atoms with E-state index in [0.717, 1.165) is 27.9 Å². The first-order chi connectivity index (χ1) is 14.8. The molecule has 164 valence electrons. The summed E-state index contributed by atoms with van der Waals surface area (Å²) in [6, 6.07) is 14.5. The van der Waals surface area contributed by atoms with Crippen molar-refractivity contribution in [3.05, 3.63) is 63.4 Å². The van der Waals surface area contributed by atoms with Gasteiger partial charge in [-0.1, -0.05) is 58.0 Å². The maximum Gasteiger partial charge on any atom is 0.226 e. The normalized spacial score (nSPS) is 11.4. The fraction of sp³-hybridized carbons (Fsp3) is 0.360. The minimum absolute atomic E-state index is 0.0482. The van der Waals surface area contributed by atoms with E-state index in [1.807, 2.05) is 11.4 Å². The number of hydrogen-bond donors (Lipinski definition) is 1. The molecule has 0 aliphatic rings. The Morgan fingerprint density at radius 1 is 1.16 bits per heavy atom. The van der Waals surface area contributed by atoms with Gasteiger partial charge in [0.2, 0.25) is 5.91 Å². The Hall–Kier alpha value is -2.18. The Morgan fingerprint density at radius 2 is 1.90 bits per heavy atom. The van der Waals surface area contributed by atoms with Crippen molar-refractivity contribution >= 4 is 38.3 Å². The molecule has 0 saturated carbocycles. The average Bonchev–Trinajstić information content (AvgIpc) is 3.19. The van der Waals surface area contributed by atoms with E-state index in [-0.39, 0.29) is 11.3 Å². The molecule has 3 aromatic rings. The lowest BCUT2D eigenvalue weighted by Gasteiger charge is -2.20. The lowest BCUT2D eigenvalue weighted by Crippen LogP contribution is -2.13. The third kappa shape index (κ3) is 6.65. The van der Waals surface area contributed by atoms with Gasteiger partial charge in [-0.2, -0.15) is 0 Å². The number of rotatable bonds is 8. The van der Waals surface area contributed by atoms with Crippen LogP contribution in [0.5, 0.6) is 5.75 Å². The standard InChI is InChI=1S/C25H29BrN2O2S/c1-5-17-8-10-18(11-9-17)21-16-31-24(27-21)28-23(29)7-6-14-30-22-13-12-19(15-20(22)26)25(2,3)4/h8-13,15-16H,5-7,14H2,1-4H3,(H,27,28,29). The molecule has 2 aromatic carbocycles. The zero-order valence-electron chi connectivity index (χ0n) is 18.5. The number of benzene rings is 2. The largest absolute Gasteiger partial charge is 0.492 e. The molecule has 31 heavy (non-hydrogen) atoms. The summed E-state index contributed by atoms with van der Waals surface area (Å²) in [5.41, 5.74) is 4.58. The number of aromatic nitrogens is 1. The van der Waals surface area contributed by atoms with Crippen molar-refractivity contribution in [1.29, 1.82) is 0 Å². The first kappa shape index (κ1) is 23.5. The molecule has 0 unspecified atom stereocenters. The van der Waals surface area contributed by atoms with Crippen LogP contribution in [0.25, 0.3) is 11.3 Å². The number of aryl methyl sites for hydroxylation is 1. The molecule has 0 aliphatic carbocycles. The van der Waals surface area contributed by atoms with E-state index in [1.54, 1.807) is 0 Å². The van der Waals surface area contributed by atoms with Crippen LogP contribution in [0, 0.1) is 0 Å². The van der Waals surface area contributed by atoms with Crippen molar-refractivity contribution in [1.82, 2.24) is 4.98 Å². The lowest BCUT2D eigenvalue weighted by molar-refractivity contribution is -0.116. The maximum absolute atomic E-state index is 12.3. The van der Waals surface area contributed by atoms with Crippen molar-refractivity contribution in [3.63, 3.8) is 0 Å². The number of hydrogen-bond acceptors (Lipinski definition) is 4. The second kappa shape index (κ2) is 10.4. The third-order valence-corrected chi connectivity index (χ3v) is 6.39. The fourth-order valence-corrected chi connectivity index (χ4v) is 4.29. The van der Waals surface area contributed by atoms with Crippen LogP contribution in [-0.2, 0) is 16.6 Å². The van der Waals surface area contributed by atoms with E-state index in [9.17, 15) is 4.79 Å². The number of halogens is 1. The summed E-state index contributed by atoms with van der Waals surface area (Å²) >= 11 is 5.03. The highest BCUT2D eigenvalue weighted by Crippen LogP contribution is 2.31. The van der Waals surface area contributed by atoms with Crippen LogP contribution in [-0.4, -0.2) is 17.5 Å². The van der Waals surface area contributed by atoms with Crippen LogP contribution in [0.1, 0.15) is 51.7 Å². The lowest BCUT2D eigenvalue weighted by atomic mass is 9.87. The van der Waals surface area contributed by atoms with Gasteiger partial charge in [0.25, 0.3) is 0 Å². The molecule has 4 nitrogen and oxygen atoms in total. The number of amides is 1. The van der Waals surface area contributed by atoms with Crippen LogP contribution in [0.4, 0.5) is 5.13 Å². The highest BCUT2D eigenvalue weighted by molar-refractivity contribution is 9.10. The van der Waals surface area contributed by atoms with Crippen LogP contribution < -0.4 is 10.1 Å². The first-order valence-electron chi connectivity index (χ1n) is 10.5. The quantitative estimate of drug-likeness (QED) is 0.331. The Labute approximate surface area is 197 Å². The number of carbonyl (C=O) groups is 1. The van der Waals surface area contributed by atoms with Gasteiger partial charge in [-0.25, -0.2) is 4.98 Å². The predicted molar refractivity (Wildman–Crippen MR) is 133 cm³/mol. The van der Waals surface area contributed by atoms with Crippen molar-refractivity contribution in [3.8, 4) is 17.0 Å². The number of anilines is 1. The molecular formula is C25H29BrN2O2S. The van der Waals surface area contributed by atoms with Crippen molar-refractivity contribution < 1.29 is 9.53 Å². The predicted octanol–water partition coefficient (Wildman–Crippen LogP) is 7.23. The topological polar surface area (TPSA) is 51.2 Å². The summed E-state index contributed by atoms with van der Waals surface area (Å²) < 4.78 is 6.78. The molecule has 1 aromatic heterocycles. The number of nitrogens with one attached hydrogen (secondary N) is 1. The third-order valence-electron chi connectivity index (χ3n) is 5.01. The first-order valence-corrected chi connectivity index (χ1v) is 12.2. The Kier molecular flexibility index (Phi) is 7.89. The zero-order chi connectivity index (χ0) is 22.4. The van der Waals surface area contributed by atoms with Crippen LogP contribution in [0.15, 0.2) is 52.3 Å². The van der Waals surface area contributed by atoms with Gasteiger partial charge in [0.05, 0.1) is 16.8 Å². The number of nitrogens with zero attached hydrogens (tertiary/aromatic N) is 1. The second-order valence-electron chi connectivity index (χ2n) is 8.48. The smallest absolute Gasteiger partial charge is 0.226 e. The summed E-state index contributed by atoms with van der Waals surface area (Å²) in [4.78, 5) is 16.8. The summed E-state index contributed by atoms with van der Waals surface area (Å²) in [6.45, 7) is 9.16. The van der Waals surface area contributed by atoms with Crippen LogP contribution in [0.3, 0.4) is 0 Å². The molecule has 0 radical (unpaired) electrons. The van der Waals surface area contributed by atoms with E-state index >= 15 is 0 Å². The van der Waals surface area contributed by atoms with Gasteiger partial charge in [-0.15, -0.1) is 11.3 Å². The van der Waals surface area contributed by atoms with Gasteiger partial charge in [0.1, 0.15) is 5.75 Å². The number of thiazole rings is 1. The molecule has 0 saturated heterocycles. The molecule has 0 fully saturated rings. The Balaban J connectivity index is 1.45. The van der Waals surface area contributed by atoms with E-state index < -0.39 is 0 Å². The van der Waals surface area contributed by atoms with Crippen molar-refractivity contribution in [2.24, 2.45) is 0 Å². The van der Waals surface area contributed by atoms with Crippen molar-refractivity contribution in [2.45, 2.75) is 52.4 Å². The van der Waals surface area contributed by atoms with Gasteiger partial charge >= 0.3 is 0 Å². The molecule has 0 bridgehead atoms. The van der Waals surface area contributed by atoms with Gasteiger partial charge in [0, 0.05) is 17.4 Å². The second-order valence-corrected chi connectivity index (χ2v) is 10.2. The summed E-state index contributed by atoms with van der Waals surface area (Å²) in [6.07, 6.45) is 2.04. The fourth-order valence-electron chi connectivity index (χ4n) is 3.06. The van der Waals surface area contributed by atoms with Crippen molar-refractivity contribution in [2.75, 3.05) is 11.9 Å². The SMILES string of the molecule is CCc1ccc(-c2csc(NC(=O)CCCOc3ccc(C(C)(C)C)cc3Br)n2)cc1. The molecule has 1 amide bonds. The molecule has 6 heteroatoms. The Bertz CT molecular complexity index is 1020. The van der Waals surface area contributed by atoms with E-state index in [0.29, 0.717) is 24.6 Å². The molecule has 3 rings (SSSR count).